The summed E-state index contributed by atoms with van der Waals surface area (Å²) in [5, 5.41) is 8.96. The van der Waals surface area contributed by atoms with Gasteiger partial charge >= 0.3 is 12.0 Å². The number of ether oxygens (including phenoxy) is 3. The summed E-state index contributed by atoms with van der Waals surface area (Å²) in [5.41, 5.74) is 1.08. The normalized spacial score (nSPS) is 32.8. The zero-order valence-electron chi connectivity index (χ0n) is 28.5. The Bertz CT molecular complexity index is 2090. The van der Waals surface area contributed by atoms with E-state index in [1.807, 2.05) is 6.07 Å². The van der Waals surface area contributed by atoms with Crippen molar-refractivity contribution < 1.29 is 27.8 Å². The van der Waals surface area contributed by atoms with Crippen LogP contribution in [0, 0.1) is 17.2 Å². The highest BCUT2D eigenvalue weighted by Gasteiger charge is 2.59. The predicted octanol–water partition coefficient (Wildman–Crippen LogP) is 6.13. The van der Waals surface area contributed by atoms with Gasteiger partial charge in [-0.2, -0.15) is 15.1 Å². The van der Waals surface area contributed by atoms with Crippen LogP contribution in [0.1, 0.15) is 69.8 Å². The van der Waals surface area contributed by atoms with Crippen molar-refractivity contribution in [2.75, 3.05) is 50.9 Å². The summed E-state index contributed by atoms with van der Waals surface area (Å²) in [6, 6.07) is 1.90. The third-order valence-corrected chi connectivity index (χ3v) is 12.9. The first-order valence-corrected chi connectivity index (χ1v) is 18.6. The minimum atomic E-state index is -0.904. The first-order chi connectivity index (χ1) is 24.6. The van der Waals surface area contributed by atoms with Gasteiger partial charge in [-0.1, -0.05) is 11.6 Å². The van der Waals surface area contributed by atoms with Crippen LogP contribution in [-0.4, -0.2) is 99.3 Å². The van der Waals surface area contributed by atoms with E-state index in [1.54, 1.807) is 12.4 Å². The second kappa shape index (κ2) is 11.4. The molecule has 1 aromatic carbocycles. The molecule has 0 unspecified atom stereocenters. The molecule has 268 valence electrons. The van der Waals surface area contributed by atoms with E-state index < -0.39 is 23.1 Å². The van der Waals surface area contributed by atoms with Gasteiger partial charge in [0.15, 0.2) is 5.82 Å². The highest BCUT2D eigenvalue weighted by molar-refractivity contribution is 6.33. The van der Waals surface area contributed by atoms with Gasteiger partial charge in [-0.25, -0.2) is 8.78 Å². The van der Waals surface area contributed by atoms with Gasteiger partial charge in [0.1, 0.15) is 35.4 Å². The third-order valence-electron chi connectivity index (χ3n) is 12.6. The molecular weight excluding hydrogens is 680 g/mol. The van der Waals surface area contributed by atoms with E-state index in [-0.39, 0.29) is 47.0 Å². The number of nitrogens with zero attached hydrogens (tertiary/aromatic N) is 6. The number of alkyl halides is 1. The summed E-state index contributed by atoms with van der Waals surface area (Å²) >= 11 is 7.00. The van der Waals surface area contributed by atoms with Crippen LogP contribution in [0.4, 0.5) is 14.6 Å². The summed E-state index contributed by atoms with van der Waals surface area (Å²) in [7, 11) is 0. The molecule has 2 aliphatic carbocycles. The van der Waals surface area contributed by atoms with Gasteiger partial charge in [-0.15, -0.1) is 0 Å². The predicted molar refractivity (Wildman–Crippen MR) is 185 cm³/mol. The van der Waals surface area contributed by atoms with Crippen molar-refractivity contribution in [2.24, 2.45) is 11.3 Å². The number of anilines is 1. The Hall–Kier alpha value is -3.68. The van der Waals surface area contributed by atoms with Crippen LogP contribution >= 0.6 is 11.6 Å². The van der Waals surface area contributed by atoms with Gasteiger partial charge in [0.05, 0.1) is 35.9 Å². The minimum Gasteiger partial charge on any atom is -0.461 e. The number of carbonyl (C=O) groups is 1. The van der Waals surface area contributed by atoms with Crippen LogP contribution < -0.4 is 9.64 Å². The van der Waals surface area contributed by atoms with Gasteiger partial charge in [0.25, 0.3) is 0 Å². The second-order valence-electron chi connectivity index (χ2n) is 16.1. The molecule has 9 heterocycles. The molecule has 1 N–H and O–H groups in total. The van der Waals surface area contributed by atoms with Crippen molar-refractivity contribution in [3.63, 3.8) is 0 Å². The molecule has 6 aliphatic heterocycles. The lowest BCUT2D eigenvalue weighted by Gasteiger charge is -2.58. The maximum Gasteiger partial charge on any atom is 0.319 e. The average molecular weight is 720 g/mol. The molecule has 3 aromatic heterocycles. The first-order valence-electron chi connectivity index (χ1n) is 18.2. The van der Waals surface area contributed by atoms with Gasteiger partial charge in [-0.3, -0.25) is 19.8 Å². The Morgan fingerprint density at radius 3 is 2.90 bits per heavy atom. The van der Waals surface area contributed by atoms with Crippen molar-refractivity contribution in [1.82, 2.24) is 30.0 Å². The smallest absolute Gasteiger partial charge is 0.319 e. The summed E-state index contributed by atoms with van der Waals surface area (Å²) < 4.78 is 50.7. The Balaban J connectivity index is 1.13. The fourth-order valence-corrected chi connectivity index (χ4v) is 10.9. The summed E-state index contributed by atoms with van der Waals surface area (Å²) in [6.45, 7) is 5.05. The van der Waals surface area contributed by atoms with Crippen molar-refractivity contribution in [3.05, 3.63) is 34.9 Å². The topological polar surface area (TPSA) is 119 Å². The number of rotatable bonds is 4. The molecule has 11 nitrogen and oxygen atoms in total. The van der Waals surface area contributed by atoms with Crippen molar-refractivity contribution in [2.45, 2.75) is 81.5 Å². The number of benzene rings is 1. The van der Waals surface area contributed by atoms with Crippen LogP contribution in [-0.2, 0) is 14.3 Å². The molecule has 8 aliphatic rings. The molecule has 4 atom stereocenters. The lowest BCUT2D eigenvalue weighted by molar-refractivity contribution is -0.205. The molecule has 4 aromatic rings. The third kappa shape index (κ3) is 5.12. The number of pyridine rings is 1. The fourth-order valence-electron chi connectivity index (χ4n) is 10.5. The molecule has 3 saturated heterocycles. The van der Waals surface area contributed by atoms with E-state index in [0.717, 1.165) is 44.2 Å². The Morgan fingerprint density at radius 2 is 2.04 bits per heavy atom. The first kappa shape index (κ1) is 32.0. The number of hydrogen-bond donors (Lipinski definition) is 1. The number of esters is 1. The average Bonchev–Trinajstić information content (AvgIpc) is 3.33. The summed E-state index contributed by atoms with van der Waals surface area (Å²) in [5.74, 6) is -0.180. The van der Waals surface area contributed by atoms with Crippen LogP contribution in [0.5, 0.6) is 6.01 Å². The number of halogens is 3. The lowest BCUT2D eigenvalue weighted by atomic mass is 9.56. The Morgan fingerprint density at radius 1 is 1.18 bits per heavy atom. The number of carbonyl (C=O) groups excluding carboxylic acids is 1. The van der Waals surface area contributed by atoms with Crippen LogP contribution in [0.3, 0.4) is 0 Å². The van der Waals surface area contributed by atoms with Crippen LogP contribution in [0.2, 0.25) is 5.02 Å². The number of aromatic nitrogens is 5. The fraction of sp³-hybridized carbons (Fsp3) is 0.595. The molecule has 7 bridgehead atoms. The number of nitrogens with one attached hydrogen (secondary N) is 1. The highest BCUT2D eigenvalue weighted by Crippen LogP contribution is 2.58. The van der Waals surface area contributed by atoms with Gasteiger partial charge < -0.3 is 19.1 Å². The molecule has 2 saturated carbocycles. The Kier molecular flexibility index (Phi) is 7.16. The van der Waals surface area contributed by atoms with Crippen molar-refractivity contribution >= 4 is 45.2 Å². The van der Waals surface area contributed by atoms with Gasteiger partial charge in [0.2, 0.25) is 0 Å². The highest BCUT2D eigenvalue weighted by atomic mass is 35.5. The molecule has 51 heavy (non-hydrogen) atoms. The monoisotopic (exact) mass is 719 g/mol. The maximum atomic E-state index is 17.3. The van der Waals surface area contributed by atoms with Crippen LogP contribution in [0.15, 0.2) is 18.5 Å². The van der Waals surface area contributed by atoms with Crippen LogP contribution in [0.25, 0.3) is 33.1 Å². The largest absolute Gasteiger partial charge is 0.461 e. The number of hydrogen-bond acceptors (Lipinski definition) is 10. The lowest BCUT2D eigenvalue weighted by Crippen LogP contribution is -2.62. The van der Waals surface area contributed by atoms with Gasteiger partial charge in [-0.05, 0) is 80.4 Å². The molecule has 12 rings (SSSR count). The molecule has 5 fully saturated rings. The Labute approximate surface area is 298 Å². The zero-order chi connectivity index (χ0) is 34.7. The SMILES string of the molecule is CC(=O)OC12COC[C@@H]3C[C@@H]3c3c(Cl)cc4[nH]ncc4c3-c3ncc4c(nc(OC[C@@]56CCCN5C[C@H](F)C6)nc4c3F)N3CCCC(C3)(C1)C2. The van der Waals surface area contributed by atoms with E-state index in [4.69, 9.17) is 40.8 Å². The number of piperidine rings is 1. The van der Waals surface area contributed by atoms with Crippen molar-refractivity contribution in [3.8, 4) is 17.3 Å². The standard InChI is InChI=1S/C37H40ClF2N7O4/c1-20(48)51-37-15-35(16-37)4-2-6-46(17-35)33-25-11-41-32(29-24-12-42-45-27(24)9-26(38)28(29)23-8-21(23)14-49-19-37)30(40)31(25)43-34(44-33)50-18-36-5-3-7-47(36)13-22(39)10-36/h9,11-12,21-23H,2-8,10,13-19H2,1H3,(H,42,45)/t21-,22+,23-,35?,36-,37?/m0/s1. The molecule has 1 spiro atoms. The van der Waals surface area contributed by atoms with E-state index in [0.29, 0.717) is 84.8 Å². The molecule has 0 radical (unpaired) electrons. The minimum absolute atomic E-state index is 0.0151. The molecule has 14 heteroatoms. The van der Waals surface area contributed by atoms with E-state index >= 15 is 4.39 Å². The number of fused-ring (bicyclic) bond motifs is 2. The second-order valence-corrected chi connectivity index (χ2v) is 16.5. The summed E-state index contributed by atoms with van der Waals surface area (Å²) in [4.78, 5) is 31.2. The number of aromatic amines is 1. The quantitative estimate of drug-likeness (QED) is 0.247. The van der Waals surface area contributed by atoms with E-state index in [9.17, 15) is 9.18 Å². The molecule has 0 amide bonds. The molecular formula is C37H40ClF2N7O4. The van der Waals surface area contributed by atoms with Gasteiger partial charge in [0, 0.05) is 55.1 Å². The van der Waals surface area contributed by atoms with Crippen molar-refractivity contribution in [1.29, 1.82) is 0 Å². The van der Waals surface area contributed by atoms with E-state index in [2.05, 4.69) is 20.0 Å². The zero-order valence-corrected chi connectivity index (χ0v) is 29.3. The summed E-state index contributed by atoms with van der Waals surface area (Å²) in [6.07, 6.45) is 8.67. The maximum absolute atomic E-state index is 17.3. The van der Waals surface area contributed by atoms with E-state index in [1.165, 1.54) is 6.92 Å². The number of H-pyrrole nitrogens is 1.